The predicted octanol–water partition coefficient (Wildman–Crippen LogP) is 0.498. The molecule has 148 valence electrons. The standard InChI is InChI=1S/C17H24N4O5S/c22-16-12-21(9-8-18-16)27(24,25)15-5-1-3-13(11-15)20-17(23)19-7-6-14-4-2-10-26-14/h1,3,5,11,14H,2,4,6-10,12H2,(H,18,22)(H2,19,20,23)/t14-/m1/s1. The number of nitrogens with zero attached hydrogens (tertiary/aromatic N) is 1. The van der Waals surface area contributed by atoms with Crippen molar-refractivity contribution in [3.63, 3.8) is 0 Å². The first kappa shape index (κ1) is 19.6. The number of amides is 3. The van der Waals surface area contributed by atoms with Crippen molar-refractivity contribution >= 4 is 27.6 Å². The number of carbonyl (C=O) groups is 2. The number of sulfonamides is 1. The molecule has 9 nitrogen and oxygen atoms in total. The highest BCUT2D eigenvalue weighted by atomic mass is 32.2. The van der Waals surface area contributed by atoms with E-state index in [1.54, 1.807) is 12.1 Å². The zero-order valence-electron chi connectivity index (χ0n) is 14.9. The fourth-order valence-corrected chi connectivity index (χ4v) is 4.54. The average Bonchev–Trinajstić information content (AvgIpc) is 3.15. The van der Waals surface area contributed by atoms with Gasteiger partial charge in [-0.15, -0.1) is 0 Å². The summed E-state index contributed by atoms with van der Waals surface area (Å²) in [4.78, 5) is 23.5. The summed E-state index contributed by atoms with van der Waals surface area (Å²) in [6, 6.07) is 5.60. The van der Waals surface area contributed by atoms with Crippen LogP contribution in [0.1, 0.15) is 19.3 Å². The summed E-state index contributed by atoms with van der Waals surface area (Å²) in [5, 5.41) is 7.97. The number of carbonyl (C=O) groups excluding carboxylic acids is 2. The number of ether oxygens (including phenoxy) is 1. The van der Waals surface area contributed by atoms with Gasteiger partial charge in [0.15, 0.2) is 0 Å². The Kier molecular flexibility index (Phi) is 6.30. The Morgan fingerprint density at radius 1 is 1.37 bits per heavy atom. The molecule has 1 aromatic carbocycles. The van der Waals surface area contributed by atoms with E-state index in [4.69, 9.17) is 4.74 Å². The van der Waals surface area contributed by atoms with E-state index in [-0.39, 0.29) is 36.5 Å². The van der Waals surface area contributed by atoms with E-state index >= 15 is 0 Å². The van der Waals surface area contributed by atoms with Gasteiger partial charge in [0.05, 0.1) is 17.5 Å². The third-order valence-electron chi connectivity index (χ3n) is 4.51. The lowest BCUT2D eigenvalue weighted by Crippen LogP contribution is -2.49. The minimum Gasteiger partial charge on any atom is -0.378 e. The van der Waals surface area contributed by atoms with Crippen LogP contribution in [0.5, 0.6) is 0 Å². The second-order valence-electron chi connectivity index (χ2n) is 6.52. The van der Waals surface area contributed by atoms with Gasteiger partial charge in [-0.3, -0.25) is 4.79 Å². The number of benzene rings is 1. The molecule has 0 bridgehead atoms. The molecule has 10 heteroatoms. The number of hydrogen-bond acceptors (Lipinski definition) is 5. The molecule has 2 heterocycles. The number of rotatable bonds is 6. The molecule has 1 aromatic rings. The molecule has 0 spiro atoms. The smallest absolute Gasteiger partial charge is 0.319 e. The van der Waals surface area contributed by atoms with Crippen molar-refractivity contribution in [2.45, 2.75) is 30.3 Å². The number of piperazine rings is 1. The molecular formula is C17H24N4O5S. The average molecular weight is 396 g/mol. The normalized spacial score (nSPS) is 20.9. The molecule has 0 unspecified atom stereocenters. The van der Waals surface area contributed by atoms with E-state index in [2.05, 4.69) is 16.0 Å². The summed E-state index contributed by atoms with van der Waals surface area (Å²) in [6.07, 6.45) is 3.01. The van der Waals surface area contributed by atoms with Gasteiger partial charge in [0.2, 0.25) is 15.9 Å². The van der Waals surface area contributed by atoms with Crippen molar-refractivity contribution in [2.75, 3.05) is 38.1 Å². The van der Waals surface area contributed by atoms with Crippen LogP contribution in [0.2, 0.25) is 0 Å². The minimum absolute atomic E-state index is 0.0364. The van der Waals surface area contributed by atoms with Crippen LogP contribution in [0.4, 0.5) is 10.5 Å². The van der Waals surface area contributed by atoms with Crippen LogP contribution in [0.25, 0.3) is 0 Å². The Hall–Kier alpha value is -2.17. The van der Waals surface area contributed by atoms with Crippen molar-refractivity contribution in [3.8, 4) is 0 Å². The zero-order valence-corrected chi connectivity index (χ0v) is 15.8. The molecule has 2 fully saturated rings. The third kappa shape index (κ3) is 5.18. The number of anilines is 1. The highest BCUT2D eigenvalue weighted by molar-refractivity contribution is 7.89. The Labute approximate surface area is 158 Å². The van der Waals surface area contributed by atoms with Crippen LogP contribution < -0.4 is 16.0 Å². The molecule has 0 saturated carbocycles. The van der Waals surface area contributed by atoms with Crippen molar-refractivity contribution in [1.29, 1.82) is 0 Å². The maximum Gasteiger partial charge on any atom is 0.319 e. The Morgan fingerprint density at radius 2 is 2.22 bits per heavy atom. The van der Waals surface area contributed by atoms with Crippen molar-refractivity contribution in [1.82, 2.24) is 14.9 Å². The van der Waals surface area contributed by atoms with Gasteiger partial charge < -0.3 is 20.7 Å². The summed E-state index contributed by atoms with van der Waals surface area (Å²) in [5.41, 5.74) is 0.368. The summed E-state index contributed by atoms with van der Waals surface area (Å²) in [7, 11) is -3.80. The van der Waals surface area contributed by atoms with Crippen molar-refractivity contribution in [3.05, 3.63) is 24.3 Å². The van der Waals surface area contributed by atoms with Crippen LogP contribution in [0.3, 0.4) is 0 Å². The maximum absolute atomic E-state index is 12.7. The largest absolute Gasteiger partial charge is 0.378 e. The molecule has 2 saturated heterocycles. The van der Waals surface area contributed by atoms with Crippen LogP contribution in [0.15, 0.2) is 29.2 Å². The van der Waals surface area contributed by atoms with Gasteiger partial charge >= 0.3 is 6.03 Å². The molecule has 0 aromatic heterocycles. The number of nitrogens with one attached hydrogen (secondary N) is 3. The zero-order chi connectivity index (χ0) is 19.3. The van der Waals surface area contributed by atoms with E-state index in [0.29, 0.717) is 12.2 Å². The van der Waals surface area contributed by atoms with Gasteiger partial charge in [-0.2, -0.15) is 4.31 Å². The highest BCUT2D eigenvalue weighted by Crippen LogP contribution is 2.20. The van der Waals surface area contributed by atoms with E-state index in [1.165, 1.54) is 12.1 Å². The van der Waals surface area contributed by atoms with Crippen molar-refractivity contribution in [2.24, 2.45) is 0 Å². The monoisotopic (exact) mass is 396 g/mol. The molecule has 3 N–H and O–H groups in total. The minimum atomic E-state index is -3.80. The van der Waals surface area contributed by atoms with Crippen LogP contribution >= 0.6 is 0 Å². The molecular weight excluding hydrogens is 372 g/mol. The predicted molar refractivity (Wildman–Crippen MR) is 98.8 cm³/mol. The lowest BCUT2D eigenvalue weighted by atomic mass is 10.2. The molecule has 1 atom stereocenters. The molecule has 2 aliphatic rings. The van der Waals surface area contributed by atoms with Crippen molar-refractivity contribution < 1.29 is 22.7 Å². The summed E-state index contributed by atoms with van der Waals surface area (Å²) in [6.45, 7) is 1.55. The van der Waals surface area contributed by atoms with Gasteiger partial charge in [0, 0.05) is 31.9 Å². The molecule has 3 amide bonds. The van der Waals surface area contributed by atoms with Crippen LogP contribution in [0, 0.1) is 0 Å². The SMILES string of the molecule is O=C1CN(S(=O)(=O)c2cccc(NC(=O)NCC[C@H]3CCCO3)c2)CCN1. The third-order valence-corrected chi connectivity index (χ3v) is 6.35. The molecule has 0 radical (unpaired) electrons. The van der Waals surface area contributed by atoms with Gasteiger partial charge in [-0.1, -0.05) is 6.07 Å². The van der Waals surface area contributed by atoms with Crippen LogP contribution in [-0.4, -0.2) is 63.6 Å². The maximum atomic E-state index is 12.7. The fraction of sp³-hybridized carbons (Fsp3) is 0.529. The topological polar surface area (TPSA) is 117 Å². The van der Waals surface area contributed by atoms with Gasteiger partial charge in [-0.25, -0.2) is 13.2 Å². The Balaban J connectivity index is 1.57. The van der Waals surface area contributed by atoms with Crippen LogP contribution in [-0.2, 0) is 19.6 Å². The molecule has 2 aliphatic heterocycles. The van der Waals surface area contributed by atoms with E-state index in [0.717, 1.165) is 30.2 Å². The summed E-state index contributed by atoms with van der Waals surface area (Å²) in [5.74, 6) is -0.329. The number of urea groups is 1. The van der Waals surface area contributed by atoms with E-state index in [9.17, 15) is 18.0 Å². The van der Waals surface area contributed by atoms with Gasteiger partial charge in [0.1, 0.15) is 0 Å². The van der Waals surface area contributed by atoms with Gasteiger partial charge in [-0.05, 0) is 37.5 Å². The highest BCUT2D eigenvalue weighted by Gasteiger charge is 2.29. The molecule has 3 rings (SSSR count). The Bertz CT molecular complexity index is 792. The molecule has 27 heavy (non-hydrogen) atoms. The second kappa shape index (κ2) is 8.68. The van der Waals surface area contributed by atoms with E-state index < -0.39 is 16.1 Å². The fourth-order valence-electron chi connectivity index (χ4n) is 3.10. The molecule has 0 aliphatic carbocycles. The summed E-state index contributed by atoms with van der Waals surface area (Å²) >= 11 is 0. The quantitative estimate of drug-likeness (QED) is 0.647. The second-order valence-corrected chi connectivity index (χ2v) is 8.46. The first-order valence-electron chi connectivity index (χ1n) is 8.98. The lowest BCUT2D eigenvalue weighted by Gasteiger charge is -2.26. The Morgan fingerprint density at radius 3 is 2.96 bits per heavy atom. The van der Waals surface area contributed by atoms with Gasteiger partial charge in [0.25, 0.3) is 0 Å². The first-order valence-corrected chi connectivity index (χ1v) is 10.4. The number of hydrogen-bond donors (Lipinski definition) is 3. The first-order chi connectivity index (χ1) is 12.9. The van der Waals surface area contributed by atoms with E-state index in [1.807, 2.05) is 0 Å². The lowest BCUT2D eigenvalue weighted by molar-refractivity contribution is -0.122. The summed E-state index contributed by atoms with van der Waals surface area (Å²) < 4.78 is 32.0.